The summed E-state index contributed by atoms with van der Waals surface area (Å²) in [5.74, 6) is -0.466. The maximum Gasteiger partial charge on any atom is 0.416 e. The number of Topliss-reactive ketones (excluding diaryl/α,β-unsaturated/α-hetero) is 1. The molecule has 3 aromatic rings. The molecule has 2 heterocycles. The van der Waals surface area contributed by atoms with E-state index < -0.39 is 17.6 Å². The summed E-state index contributed by atoms with van der Waals surface area (Å²) in [6, 6.07) is 13.1. The number of amides is 3. The highest BCUT2D eigenvalue weighted by Crippen LogP contribution is 2.33. The van der Waals surface area contributed by atoms with Gasteiger partial charge in [0, 0.05) is 44.1 Å². The van der Waals surface area contributed by atoms with Gasteiger partial charge in [-0.3, -0.25) is 14.5 Å². The Morgan fingerprint density at radius 1 is 1.00 bits per heavy atom. The summed E-state index contributed by atoms with van der Waals surface area (Å²) in [4.78, 5) is 41.5. The van der Waals surface area contributed by atoms with Gasteiger partial charge in [0.15, 0.2) is 5.78 Å². The standard InChI is InChI=1S/C28H30F3N5O4/c1-18-22(26(32)38)15-24(36(18)16-19-5-3-4-6-23(19)28(29,30)31)25(37)17-34-11-13-35(14-12-34)27(39)33-20-7-9-21(40-2)10-8-20/h3-10,15H,11-14,16-17H2,1-2H3,(H2,32,38)(H,33,39). The second-order valence-corrected chi connectivity index (χ2v) is 9.48. The topological polar surface area (TPSA) is 110 Å². The van der Waals surface area contributed by atoms with Crippen LogP contribution in [0, 0.1) is 6.92 Å². The molecule has 12 heteroatoms. The fourth-order valence-electron chi connectivity index (χ4n) is 4.70. The normalized spacial score (nSPS) is 14.2. The zero-order valence-corrected chi connectivity index (χ0v) is 22.1. The van der Waals surface area contributed by atoms with Crippen LogP contribution in [0.1, 0.15) is 37.7 Å². The van der Waals surface area contributed by atoms with E-state index in [1.165, 1.54) is 28.8 Å². The lowest BCUT2D eigenvalue weighted by Gasteiger charge is -2.34. The number of benzene rings is 2. The van der Waals surface area contributed by atoms with Crippen LogP contribution in [0.3, 0.4) is 0 Å². The molecule has 1 fully saturated rings. The van der Waals surface area contributed by atoms with Crippen LogP contribution in [0.2, 0.25) is 0 Å². The lowest BCUT2D eigenvalue weighted by atomic mass is 10.1. The monoisotopic (exact) mass is 557 g/mol. The van der Waals surface area contributed by atoms with Crippen LogP contribution in [0.15, 0.2) is 54.6 Å². The van der Waals surface area contributed by atoms with Gasteiger partial charge >= 0.3 is 12.2 Å². The van der Waals surface area contributed by atoms with Crippen LogP contribution in [0.5, 0.6) is 5.75 Å². The predicted octanol–water partition coefficient (Wildman–Crippen LogP) is 4.00. The van der Waals surface area contributed by atoms with Crippen LogP contribution in [-0.4, -0.2) is 71.9 Å². The number of rotatable bonds is 8. The molecule has 1 aliphatic rings. The van der Waals surface area contributed by atoms with Crippen LogP contribution < -0.4 is 15.8 Å². The Hall–Kier alpha value is -4.32. The van der Waals surface area contributed by atoms with Gasteiger partial charge in [-0.15, -0.1) is 0 Å². The summed E-state index contributed by atoms with van der Waals surface area (Å²) in [6.07, 6.45) is -4.58. The Morgan fingerprint density at radius 3 is 2.25 bits per heavy atom. The highest BCUT2D eigenvalue weighted by atomic mass is 19.4. The Morgan fingerprint density at radius 2 is 1.65 bits per heavy atom. The van der Waals surface area contributed by atoms with Crippen LogP contribution >= 0.6 is 0 Å². The van der Waals surface area contributed by atoms with Crippen molar-refractivity contribution in [2.45, 2.75) is 19.6 Å². The molecule has 0 saturated carbocycles. The lowest BCUT2D eigenvalue weighted by Crippen LogP contribution is -2.51. The van der Waals surface area contributed by atoms with Crippen molar-refractivity contribution in [1.82, 2.24) is 14.4 Å². The van der Waals surface area contributed by atoms with Crippen molar-refractivity contribution in [3.8, 4) is 5.75 Å². The fraction of sp³-hybridized carbons (Fsp3) is 0.321. The van der Waals surface area contributed by atoms with Gasteiger partial charge in [0.1, 0.15) is 5.75 Å². The van der Waals surface area contributed by atoms with Crippen molar-refractivity contribution in [3.05, 3.63) is 82.7 Å². The molecular formula is C28H30F3N5O4. The van der Waals surface area contributed by atoms with E-state index in [4.69, 9.17) is 10.5 Å². The molecule has 9 nitrogen and oxygen atoms in total. The summed E-state index contributed by atoms with van der Waals surface area (Å²) in [5.41, 5.74) is 5.75. The third-order valence-corrected chi connectivity index (χ3v) is 6.94. The van der Waals surface area contributed by atoms with Crippen molar-refractivity contribution in [2.24, 2.45) is 5.73 Å². The number of hydrogen-bond donors (Lipinski definition) is 2. The van der Waals surface area contributed by atoms with Gasteiger partial charge in [-0.05, 0) is 48.9 Å². The summed E-state index contributed by atoms with van der Waals surface area (Å²) < 4.78 is 47.3. The minimum atomic E-state index is -4.58. The maximum atomic E-state index is 13.6. The molecule has 0 atom stereocenters. The number of halogens is 3. The third kappa shape index (κ3) is 6.45. The van der Waals surface area contributed by atoms with E-state index in [1.807, 2.05) is 4.90 Å². The van der Waals surface area contributed by atoms with E-state index >= 15 is 0 Å². The molecule has 4 rings (SSSR count). The molecule has 1 aliphatic heterocycles. The SMILES string of the molecule is COc1ccc(NC(=O)N2CCN(CC(=O)c3cc(C(N)=O)c(C)n3Cc3ccccc3C(F)(F)F)CC2)cc1. The number of nitrogens with two attached hydrogens (primary N) is 1. The van der Waals surface area contributed by atoms with Crippen molar-refractivity contribution >= 4 is 23.4 Å². The number of carbonyl (C=O) groups is 3. The number of piperazine rings is 1. The van der Waals surface area contributed by atoms with E-state index in [0.717, 1.165) is 6.07 Å². The number of carbonyl (C=O) groups excluding carboxylic acids is 3. The van der Waals surface area contributed by atoms with Gasteiger partial charge in [0.05, 0.1) is 30.5 Å². The fourth-order valence-corrected chi connectivity index (χ4v) is 4.70. The second-order valence-electron chi connectivity index (χ2n) is 9.48. The third-order valence-electron chi connectivity index (χ3n) is 6.94. The van der Waals surface area contributed by atoms with Crippen LogP contribution in [-0.2, 0) is 12.7 Å². The van der Waals surface area contributed by atoms with Crippen LogP contribution in [0.25, 0.3) is 0 Å². The summed E-state index contributed by atoms with van der Waals surface area (Å²) in [5, 5.41) is 2.83. The van der Waals surface area contributed by atoms with Crippen LogP contribution in [0.4, 0.5) is 23.7 Å². The molecule has 0 bridgehead atoms. The van der Waals surface area contributed by atoms with Gasteiger partial charge in [-0.2, -0.15) is 13.2 Å². The number of alkyl halides is 3. The molecule has 2 aromatic carbocycles. The second kappa shape index (κ2) is 11.8. The minimum Gasteiger partial charge on any atom is -0.497 e. The Bertz CT molecular complexity index is 1390. The van der Waals surface area contributed by atoms with Gasteiger partial charge in [0.25, 0.3) is 5.91 Å². The molecule has 40 heavy (non-hydrogen) atoms. The number of aromatic nitrogens is 1. The highest BCUT2D eigenvalue weighted by molar-refractivity contribution is 6.01. The number of anilines is 1. The van der Waals surface area contributed by atoms with Gasteiger partial charge in [0.2, 0.25) is 0 Å². The van der Waals surface area contributed by atoms with Gasteiger partial charge in [-0.25, -0.2) is 4.79 Å². The van der Waals surface area contributed by atoms with E-state index in [-0.39, 0.29) is 41.7 Å². The first-order valence-electron chi connectivity index (χ1n) is 12.6. The molecule has 212 valence electrons. The Kier molecular flexibility index (Phi) is 8.48. The number of primary amides is 1. The average Bonchev–Trinajstić information content (AvgIpc) is 3.25. The zero-order valence-electron chi connectivity index (χ0n) is 22.1. The Labute approximate surface area is 229 Å². The van der Waals surface area contributed by atoms with Crippen molar-refractivity contribution < 1.29 is 32.3 Å². The van der Waals surface area contributed by atoms with E-state index in [9.17, 15) is 27.6 Å². The summed E-state index contributed by atoms with van der Waals surface area (Å²) in [6.45, 7) is 2.85. The minimum absolute atomic E-state index is 0.0312. The molecule has 0 unspecified atom stereocenters. The number of ketones is 1. The molecule has 3 N–H and O–H groups in total. The first-order chi connectivity index (χ1) is 19.0. The van der Waals surface area contributed by atoms with E-state index in [2.05, 4.69) is 5.32 Å². The lowest BCUT2D eigenvalue weighted by molar-refractivity contribution is -0.138. The first kappa shape index (κ1) is 28.7. The van der Waals surface area contributed by atoms with Gasteiger partial charge < -0.3 is 25.3 Å². The van der Waals surface area contributed by atoms with Crippen molar-refractivity contribution in [2.75, 3.05) is 45.2 Å². The van der Waals surface area contributed by atoms with E-state index in [0.29, 0.717) is 43.3 Å². The maximum absolute atomic E-state index is 13.6. The molecule has 0 spiro atoms. The smallest absolute Gasteiger partial charge is 0.416 e. The molecular weight excluding hydrogens is 527 g/mol. The quantitative estimate of drug-likeness (QED) is 0.407. The summed E-state index contributed by atoms with van der Waals surface area (Å²) >= 11 is 0. The number of nitrogens with zero attached hydrogens (tertiary/aromatic N) is 3. The van der Waals surface area contributed by atoms with Gasteiger partial charge in [-0.1, -0.05) is 18.2 Å². The van der Waals surface area contributed by atoms with E-state index in [1.54, 1.807) is 43.2 Å². The molecule has 1 saturated heterocycles. The number of ether oxygens (including phenoxy) is 1. The highest BCUT2D eigenvalue weighted by Gasteiger charge is 2.33. The molecule has 1 aromatic heterocycles. The number of urea groups is 1. The van der Waals surface area contributed by atoms with Crippen molar-refractivity contribution in [1.29, 1.82) is 0 Å². The zero-order chi connectivity index (χ0) is 29.0. The molecule has 0 radical (unpaired) electrons. The number of nitrogens with one attached hydrogen (secondary N) is 1. The molecule has 0 aliphatic carbocycles. The predicted molar refractivity (Wildman–Crippen MR) is 143 cm³/mol. The molecule has 3 amide bonds. The largest absolute Gasteiger partial charge is 0.497 e. The number of methoxy groups -OCH3 is 1. The Balaban J connectivity index is 1.44. The summed E-state index contributed by atoms with van der Waals surface area (Å²) in [7, 11) is 1.56. The van der Waals surface area contributed by atoms with Crippen molar-refractivity contribution in [3.63, 3.8) is 0 Å². The first-order valence-corrected chi connectivity index (χ1v) is 12.6. The number of hydrogen-bond acceptors (Lipinski definition) is 5. The average molecular weight is 558 g/mol.